The molecule has 1 heterocycles. The van der Waals surface area contributed by atoms with E-state index < -0.39 is 17.7 Å². The quantitative estimate of drug-likeness (QED) is 0.934. The Labute approximate surface area is 134 Å². The molecule has 1 aliphatic carbocycles. The first-order valence-electron chi connectivity index (χ1n) is 8.04. The van der Waals surface area contributed by atoms with Crippen molar-refractivity contribution < 1.29 is 18.3 Å². The van der Waals surface area contributed by atoms with Gasteiger partial charge in [-0.05, 0) is 32.4 Å². The first-order chi connectivity index (χ1) is 10.9. The molecule has 0 spiro atoms. The van der Waals surface area contributed by atoms with Crippen LogP contribution in [0, 0.1) is 11.6 Å². The van der Waals surface area contributed by atoms with Crippen LogP contribution in [-0.4, -0.2) is 34.2 Å². The number of likely N-dealkylation sites (N-methyl/N-ethyl adjacent to an activating group) is 1. The Morgan fingerprint density at radius 2 is 2.09 bits per heavy atom. The molecule has 2 atom stereocenters. The Morgan fingerprint density at radius 3 is 2.70 bits per heavy atom. The van der Waals surface area contributed by atoms with Gasteiger partial charge in [-0.2, -0.15) is 4.39 Å². The Bertz CT molecular complexity index is 714. The van der Waals surface area contributed by atoms with Crippen LogP contribution >= 0.6 is 0 Å². The molecule has 1 aliphatic rings. The second-order valence-corrected chi connectivity index (χ2v) is 6.70. The number of hydrogen-bond donors (Lipinski definition) is 1. The molecule has 4 nitrogen and oxygen atoms in total. The molecule has 2 aromatic rings. The summed E-state index contributed by atoms with van der Waals surface area (Å²) in [6.45, 7) is 3.99. The molecule has 6 heteroatoms. The van der Waals surface area contributed by atoms with Crippen molar-refractivity contribution in [2.24, 2.45) is 0 Å². The number of halogens is 2. The van der Waals surface area contributed by atoms with Crippen LogP contribution in [0.4, 0.5) is 8.78 Å². The summed E-state index contributed by atoms with van der Waals surface area (Å²) < 4.78 is 33.9. The molecule has 0 bridgehead atoms. The highest BCUT2D eigenvalue weighted by molar-refractivity contribution is 5.74. The molecule has 1 saturated carbocycles. The maximum Gasteiger partial charge on any atom is 0.203 e. The summed E-state index contributed by atoms with van der Waals surface area (Å²) in [6.07, 6.45) is 2.17. The van der Waals surface area contributed by atoms with E-state index in [-0.39, 0.29) is 29.7 Å². The molecule has 1 aromatic heterocycles. The van der Waals surface area contributed by atoms with Gasteiger partial charge in [0, 0.05) is 24.1 Å². The molecule has 0 amide bonds. The highest BCUT2D eigenvalue weighted by atomic mass is 19.2. The minimum Gasteiger partial charge on any atom is -0.437 e. The maximum absolute atomic E-state index is 14.3. The average molecular weight is 324 g/mol. The monoisotopic (exact) mass is 324 g/mol. The summed E-state index contributed by atoms with van der Waals surface area (Å²) in [7, 11) is 1.82. The number of aliphatic hydroxyl groups excluding tert-OH is 1. The van der Waals surface area contributed by atoms with Crippen molar-refractivity contribution in [1.29, 1.82) is 0 Å². The van der Waals surface area contributed by atoms with Crippen molar-refractivity contribution in [2.45, 2.75) is 57.7 Å². The van der Waals surface area contributed by atoms with E-state index in [1.165, 1.54) is 0 Å². The first-order valence-corrected chi connectivity index (χ1v) is 8.04. The summed E-state index contributed by atoms with van der Waals surface area (Å²) in [5, 5.41) is 9.96. The SMILES string of the molecule is CC(C)c1nc2cc(CN(C)[C@@H]3CCC[C@@H]3O)c(F)c(F)c2o1. The van der Waals surface area contributed by atoms with Crippen molar-refractivity contribution in [2.75, 3.05) is 7.05 Å². The zero-order valence-corrected chi connectivity index (χ0v) is 13.6. The molecule has 3 rings (SSSR count). The molecule has 0 unspecified atom stereocenters. The van der Waals surface area contributed by atoms with Crippen LogP contribution in [0.1, 0.15) is 50.5 Å². The van der Waals surface area contributed by atoms with Gasteiger partial charge >= 0.3 is 0 Å². The lowest BCUT2D eigenvalue weighted by molar-refractivity contribution is 0.0818. The molecular weight excluding hydrogens is 302 g/mol. The lowest BCUT2D eigenvalue weighted by atomic mass is 10.1. The standard InChI is InChI=1S/C17H22F2N2O2/c1-9(2)17-20-11-7-10(14(18)15(19)16(11)23-17)8-21(3)12-5-4-6-13(12)22/h7,9,12-13,22H,4-6,8H2,1-3H3/t12-,13+/m1/s1. The number of oxazole rings is 1. The zero-order valence-electron chi connectivity index (χ0n) is 13.6. The minimum atomic E-state index is -0.989. The van der Waals surface area contributed by atoms with Gasteiger partial charge in [-0.25, -0.2) is 9.37 Å². The first kappa shape index (κ1) is 16.3. The second kappa shape index (κ2) is 6.17. The van der Waals surface area contributed by atoms with E-state index in [9.17, 15) is 13.9 Å². The largest absolute Gasteiger partial charge is 0.437 e. The smallest absolute Gasteiger partial charge is 0.203 e. The maximum atomic E-state index is 14.3. The van der Waals surface area contributed by atoms with E-state index in [4.69, 9.17) is 4.42 Å². The van der Waals surface area contributed by atoms with E-state index in [1.54, 1.807) is 6.07 Å². The van der Waals surface area contributed by atoms with Crippen molar-refractivity contribution in [1.82, 2.24) is 9.88 Å². The molecule has 1 fully saturated rings. The number of benzene rings is 1. The van der Waals surface area contributed by atoms with Gasteiger partial charge in [0.25, 0.3) is 0 Å². The summed E-state index contributed by atoms with van der Waals surface area (Å²) in [6, 6.07) is 1.53. The van der Waals surface area contributed by atoms with Crippen molar-refractivity contribution >= 4 is 11.1 Å². The summed E-state index contributed by atoms with van der Waals surface area (Å²) >= 11 is 0. The minimum absolute atomic E-state index is 0.00428. The second-order valence-electron chi connectivity index (χ2n) is 6.70. The van der Waals surface area contributed by atoms with Gasteiger partial charge < -0.3 is 9.52 Å². The number of fused-ring (bicyclic) bond motifs is 1. The Kier molecular flexibility index (Phi) is 4.38. The molecule has 0 radical (unpaired) electrons. The van der Waals surface area contributed by atoms with Crippen LogP contribution in [0.2, 0.25) is 0 Å². The zero-order chi connectivity index (χ0) is 16.7. The normalized spacial score (nSPS) is 21.9. The van der Waals surface area contributed by atoms with E-state index in [0.29, 0.717) is 11.4 Å². The fraction of sp³-hybridized carbons (Fsp3) is 0.588. The van der Waals surface area contributed by atoms with E-state index in [1.807, 2.05) is 25.8 Å². The molecule has 1 N–H and O–H groups in total. The number of aromatic nitrogens is 1. The highest BCUT2D eigenvalue weighted by Gasteiger charge is 2.29. The average Bonchev–Trinajstić information content (AvgIpc) is 3.10. The van der Waals surface area contributed by atoms with E-state index >= 15 is 0 Å². The van der Waals surface area contributed by atoms with Crippen LogP contribution in [0.15, 0.2) is 10.5 Å². The van der Waals surface area contributed by atoms with E-state index in [0.717, 1.165) is 19.3 Å². The highest BCUT2D eigenvalue weighted by Crippen LogP contribution is 2.29. The molecule has 126 valence electrons. The summed E-state index contributed by atoms with van der Waals surface area (Å²) in [4.78, 5) is 6.13. The van der Waals surface area contributed by atoms with Crippen molar-refractivity contribution in [3.8, 4) is 0 Å². The predicted molar refractivity (Wildman–Crippen MR) is 83.1 cm³/mol. The molecule has 0 aliphatic heterocycles. The Morgan fingerprint density at radius 1 is 1.35 bits per heavy atom. The fourth-order valence-corrected chi connectivity index (χ4v) is 3.26. The third-order valence-corrected chi connectivity index (χ3v) is 4.58. The molecular formula is C17H22F2N2O2. The van der Waals surface area contributed by atoms with Crippen LogP contribution in [0.5, 0.6) is 0 Å². The third kappa shape index (κ3) is 2.97. The van der Waals surface area contributed by atoms with Crippen molar-refractivity contribution in [3.63, 3.8) is 0 Å². The number of nitrogens with zero attached hydrogens (tertiary/aromatic N) is 2. The number of hydrogen-bond acceptors (Lipinski definition) is 4. The van der Waals surface area contributed by atoms with Crippen LogP contribution in [0.3, 0.4) is 0 Å². The van der Waals surface area contributed by atoms with Gasteiger partial charge in [0.1, 0.15) is 5.52 Å². The van der Waals surface area contributed by atoms with Gasteiger partial charge in [0.2, 0.25) is 5.82 Å². The number of rotatable bonds is 4. The molecule has 0 saturated heterocycles. The van der Waals surface area contributed by atoms with Crippen LogP contribution in [-0.2, 0) is 6.54 Å². The Balaban J connectivity index is 1.92. The van der Waals surface area contributed by atoms with Gasteiger partial charge in [0.05, 0.1) is 6.10 Å². The lowest BCUT2D eigenvalue weighted by Gasteiger charge is -2.27. The van der Waals surface area contributed by atoms with Crippen molar-refractivity contribution in [3.05, 3.63) is 29.2 Å². The molecule has 1 aromatic carbocycles. The van der Waals surface area contributed by atoms with E-state index in [2.05, 4.69) is 4.98 Å². The molecule has 23 heavy (non-hydrogen) atoms. The summed E-state index contributed by atoms with van der Waals surface area (Å²) in [5.41, 5.74) is 0.446. The Hall–Kier alpha value is -1.53. The third-order valence-electron chi connectivity index (χ3n) is 4.58. The topological polar surface area (TPSA) is 49.5 Å². The predicted octanol–water partition coefficient (Wildman–Crippen LogP) is 3.57. The number of aliphatic hydroxyl groups is 1. The van der Waals surface area contributed by atoms with Crippen LogP contribution in [0.25, 0.3) is 11.1 Å². The van der Waals surface area contributed by atoms with Gasteiger partial charge in [-0.15, -0.1) is 0 Å². The fourth-order valence-electron chi connectivity index (χ4n) is 3.26. The van der Waals surface area contributed by atoms with Gasteiger partial charge in [0.15, 0.2) is 17.3 Å². The van der Waals surface area contributed by atoms with Crippen LogP contribution < -0.4 is 0 Å². The lowest BCUT2D eigenvalue weighted by Crippen LogP contribution is -2.37. The summed E-state index contributed by atoms with van der Waals surface area (Å²) in [5.74, 6) is -1.49. The van der Waals surface area contributed by atoms with Gasteiger partial charge in [-0.1, -0.05) is 13.8 Å². The van der Waals surface area contributed by atoms with Gasteiger partial charge in [-0.3, -0.25) is 4.90 Å².